The molecule has 0 aliphatic heterocycles. The number of aliphatic hydroxyl groups is 1. The minimum atomic E-state index is -0.719. The highest BCUT2D eigenvalue weighted by Gasteiger charge is 2.61. The Bertz CT molecular complexity index is 1270. The number of fused-ring (bicyclic) bond motifs is 1. The molecule has 0 saturated heterocycles. The molecule has 2 aromatic heterocycles. The van der Waals surface area contributed by atoms with Gasteiger partial charge in [-0.25, -0.2) is 14.6 Å². The summed E-state index contributed by atoms with van der Waals surface area (Å²) in [5.74, 6) is 1.60. The lowest BCUT2D eigenvalue weighted by molar-refractivity contribution is 0.0719. The Kier molecular flexibility index (Phi) is 4.76. The third-order valence-corrected chi connectivity index (χ3v) is 8.28. The van der Waals surface area contributed by atoms with E-state index in [2.05, 4.69) is 44.2 Å². The topological polar surface area (TPSA) is 90.9 Å². The molecular weight excluding hydrogens is 424 g/mol. The number of hydrogen-bond acceptors (Lipinski definition) is 6. The van der Waals surface area contributed by atoms with E-state index in [1.54, 1.807) is 6.33 Å². The molecule has 3 aromatic rings. The summed E-state index contributed by atoms with van der Waals surface area (Å²) in [5, 5.41) is 26.0. The summed E-state index contributed by atoms with van der Waals surface area (Å²) in [5.41, 5.74) is 1.43. The Morgan fingerprint density at radius 3 is 2.65 bits per heavy atom. The van der Waals surface area contributed by atoms with Gasteiger partial charge in [-0.1, -0.05) is 12.1 Å². The van der Waals surface area contributed by atoms with Crippen LogP contribution in [-0.4, -0.2) is 43.0 Å². The molecule has 34 heavy (non-hydrogen) atoms. The minimum Gasteiger partial charge on any atom is -0.390 e. The molecular formula is C27H32N6O. The average Bonchev–Trinajstić information content (AvgIpc) is 3.43. The smallest absolute Gasteiger partial charge is 0.159 e. The lowest BCUT2D eigenvalue weighted by Gasteiger charge is -2.44. The van der Waals surface area contributed by atoms with Crippen LogP contribution in [0.15, 0.2) is 36.8 Å². The van der Waals surface area contributed by atoms with Crippen molar-refractivity contribution in [3.8, 4) is 11.9 Å². The number of anilines is 1. The van der Waals surface area contributed by atoms with Crippen molar-refractivity contribution in [2.75, 3.05) is 11.4 Å². The number of benzene rings is 1. The Labute approximate surface area is 200 Å². The predicted molar refractivity (Wildman–Crippen MR) is 131 cm³/mol. The normalized spacial score (nSPS) is 20.5. The fourth-order valence-corrected chi connectivity index (χ4v) is 5.79. The van der Waals surface area contributed by atoms with Crippen molar-refractivity contribution < 1.29 is 5.11 Å². The van der Waals surface area contributed by atoms with Gasteiger partial charge in [0.05, 0.1) is 28.8 Å². The first kappa shape index (κ1) is 21.5. The lowest BCUT2D eigenvalue weighted by atomic mass is 9.57. The van der Waals surface area contributed by atoms with E-state index in [-0.39, 0.29) is 5.41 Å². The monoisotopic (exact) mass is 456 g/mol. The highest BCUT2D eigenvalue weighted by atomic mass is 16.3. The first-order valence-electron chi connectivity index (χ1n) is 12.5. The van der Waals surface area contributed by atoms with Gasteiger partial charge < -0.3 is 10.0 Å². The molecule has 0 bridgehead atoms. The van der Waals surface area contributed by atoms with E-state index in [0.29, 0.717) is 17.9 Å². The highest BCUT2D eigenvalue weighted by molar-refractivity contribution is 5.81. The van der Waals surface area contributed by atoms with Gasteiger partial charge >= 0.3 is 0 Å². The zero-order valence-electron chi connectivity index (χ0n) is 20.0. The molecule has 2 heterocycles. The maximum absolute atomic E-state index is 10.3. The third kappa shape index (κ3) is 3.65. The van der Waals surface area contributed by atoms with E-state index < -0.39 is 5.60 Å². The van der Waals surface area contributed by atoms with Gasteiger partial charge in [0.15, 0.2) is 5.82 Å². The summed E-state index contributed by atoms with van der Waals surface area (Å²) < 4.78 is 1.87. The second kappa shape index (κ2) is 7.51. The Morgan fingerprint density at radius 1 is 1.21 bits per heavy atom. The van der Waals surface area contributed by atoms with Gasteiger partial charge in [-0.05, 0) is 82.3 Å². The van der Waals surface area contributed by atoms with Crippen molar-refractivity contribution in [3.05, 3.63) is 42.4 Å². The summed E-state index contributed by atoms with van der Waals surface area (Å²) in [7, 11) is 0. The molecule has 1 N–H and O–H groups in total. The number of nitrogens with zero attached hydrogens (tertiary/aromatic N) is 6. The van der Waals surface area contributed by atoms with Gasteiger partial charge in [0.1, 0.15) is 12.1 Å². The zero-order valence-corrected chi connectivity index (χ0v) is 20.0. The summed E-state index contributed by atoms with van der Waals surface area (Å²) in [6.45, 7) is 4.46. The molecule has 7 heteroatoms. The van der Waals surface area contributed by atoms with E-state index in [1.807, 2.05) is 30.8 Å². The van der Waals surface area contributed by atoms with Crippen molar-refractivity contribution >= 4 is 16.7 Å². The van der Waals surface area contributed by atoms with Gasteiger partial charge in [0.2, 0.25) is 0 Å². The average molecular weight is 457 g/mol. The molecule has 7 nitrogen and oxygen atoms in total. The highest BCUT2D eigenvalue weighted by Crippen LogP contribution is 2.68. The molecule has 0 radical (unpaired) electrons. The quantitative estimate of drug-likeness (QED) is 0.556. The molecule has 0 atom stereocenters. The van der Waals surface area contributed by atoms with Crippen LogP contribution in [0, 0.1) is 16.7 Å². The van der Waals surface area contributed by atoms with Crippen LogP contribution in [0.5, 0.6) is 0 Å². The molecule has 0 unspecified atom stereocenters. The van der Waals surface area contributed by atoms with E-state index in [0.717, 1.165) is 60.3 Å². The first-order chi connectivity index (χ1) is 16.3. The number of rotatable bonds is 7. The number of aromatic nitrogens is 4. The fourth-order valence-electron chi connectivity index (χ4n) is 5.79. The van der Waals surface area contributed by atoms with E-state index in [9.17, 15) is 10.4 Å². The maximum atomic E-state index is 10.3. The van der Waals surface area contributed by atoms with E-state index >= 15 is 0 Å². The molecule has 1 aromatic carbocycles. The van der Waals surface area contributed by atoms with Crippen LogP contribution in [0.1, 0.15) is 70.8 Å². The van der Waals surface area contributed by atoms with Crippen LogP contribution in [0.2, 0.25) is 0 Å². The maximum Gasteiger partial charge on any atom is 0.159 e. The van der Waals surface area contributed by atoms with Crippen LogP contribution < -0.4 is 4.90 Å². The molecule has 3 aliphatic carbocycles. The van der Waals surface area contributed by atoms with Crippen LogP contribution in [0.3, 0.4) is 0 Å². The molecule has 3 fully saturated rings. The van der Waals surface area contributed by atoms with Crippen molar-refractivity contribution in [3.63, 3.8) is 0 Å². The van der Waals surface area contributed by atoms with Gasteiger partial charge in [-0.3, -0.25) is 0 Å². The minimum absolute atomic E-state index is 0.366. The molecule has 0 amide bonds. The van der Waals surface area contributed by atoms with Gasteiger partial charge in [-0.2, -0.15) is 10.4 Å². The standard InChI is InChI=1S/C27H32N6O/c1-25(2,34)10-11-32(21-4-3-5-21)23-13-24(30-18-29-23)33-22-12-20(7-6-19(22)14-31-33)27(17-28)15-26(16-27)8-9-26/h6-7,12-14,18,21,34H,3-5,8-11,15-16H2,1-2H3. The van der Waals surface area contributed by atoms with Crippen LogP contribution in [0.4, 0.5) is 5.82 Å². The predicted octanol–water partition coefficient (Wildman–Crippen LogP) is 4.67. The second-order valence-corrected chi connectivity index (χ2v) is 11.5. The fraction of sp³-hybridized carbons (Fsp3) is 0.556. The molecule has 1 spiro atoms. The Morgan fingerprint density at radius 2 is 2.00 bits per heavy atom. The third-order valence-electron chi connectivity index (χ3n) is 8.28. The largest absolute Gasteiger partial charge is 0.390 e. The van der Waals surface area contributed by atoms with E-state index in [4.69, 9.17) is 0 Å². The Hall–Kier alpha value is -2.98. The van der Waals surface area contributed by atoms with Crippen molar-refractivity contribution in [1.29, 1.82) is 5.26 Å². The number of hydrogen-bond donors (Lipinski definition) is 1. The van der Waals surface area contributed by atoms with Crippen molar-refractivity contribution in [2.45, 2.75) is 82.3 Å². The van der Waals surface area contributed by atoms with Gasteiger partial charge in [0.25, 0.3) is 0 Å². The molecule has 6 rings (SSSR count). The summed E-state index contributed by atoms with van der Waals surface area (Å²) in [6, 6.07) is 11.4. The van der Waals surface area contributed by atoms with Gasteiger partial charge in [0, 0.05) is 24.0 Å². The van der Waals surface area contributed by atoms with Crippen molar-refractivity contribution in [2.24, 2.45) is 5.41 Å². The molecule has 3 aliphatic rings. The first-order valence-corrected chi connectivity index (χ1v) is 12.5. The SMILES string of the molecule is CC(C)(O)CCN(c1cc(-n2ncc3ccc(C4(C#N)CC5(CC5)C4)cc32)ncn1)C1CCC1. The van der Waals surface area contributed by atoms with E-state index in [1.165, 1.54) is 19.3 Å². The summed E-state index contributed by atoms with van der Waals surface area (Å²) >= 11 is 0. The second-order valence-electron chi connectivity index (χ2n) is 11.5. The summed E-state index contributed by atoms with van der Waals surface area (Å²) in [4.78, 5) is 11.5. The summed E-state index contributed by atoms with van der Waals surface area (Å²) in [6.07, 6.45) is 12.2. The van der Waals surface area contributed by atoms with Crippen LogP contribution >= 0.6 is 0 Å². The molecule has 176 valence electrons. The number of nitriles is 1. The van der Waals surface area contributed by atoms with Gasteiger partial charge in [-0.15, -0.1) is 0 Å². The van der Waals surface area contributed by atoms with Crippen molar-refractivity contribution in [1.82, 2.24) is 19.7 Å². The Balaban J connectivity index is 1.34. The van der Waals surface area contributed by atoms with Crippen LogP contribution in [0.25, 0.3) is 16.7 Å². The molecule has 3 saturated carbocycles. The van der Waals surface area contributed by atoms with Crippen LogP contribution in [-0.2, 0) is 5.41 Å². The zero-order chi connectivity index (χ0) is 23.6. The lowest BCUT2D eigenvalue weighted by Crippen LogP contribution is -2.43.